The predicted molar refractivity (Wildman–Crippen MR) is 104 cm³/mol. The highest BCUT2D eigenvalue weighted by Gasteiger charge is 2.00. The average molecular weight is 309 g/mol. The van der Waals surface area contributed by atoms with Gasteiger partial charge in [-0.3, -0.25) is 0 Å². The zero-order valence-electron chi connectivity index (χ0n) is 14.8. The molecule has 0 unspecified atom stereocenters. The van der Waals surface area contributed by atoms with Gasteiger partial charge in [0, 0.05) is 0 Å². The summed E-state index contributed by atoms with van der Waals surface area (Å²) in [6.07, 6.45) is 18.0. The smallest absolute Gasteiger partial charge is 0.0152 e. The average Bonchev–Trinajstić information content (AvgIpc) is 2.60. The Labute approximate surface area is 142 Å². The minimum Gasteiger partial charge on any atom is -0.0885 e. The number of hydrogen-bond acceptors (Lipinski definition) is 0. The first kappa shape index (κ1) is 17.8. The number of benzene rings is 2. The van der Waals surface area contributed by atoms with E-state index in [1.165, 1.54) is 80.5 Å². The maximum atomic E-state index is 2.38. The van der Waals surface area contributed by atoms with E-state index in [0.29, 0.717) is 0 Å². The summed E-state index contributed by atoms with van der Waals surface area (Å²) in [4.78, 5) is 0. The molecule has 0 spiro atoms. The Kier molecular flexibility index (Phi) is 8.55. The summed E-state index contributed by atoms with van der Waals surface area (Å²) in [6.45, 7) is 2.26. The minimum absolute atomic E-state index is 1.22. The van der Waals surface area contributed by atoms with E-state index < -0.39 is 0 Å². The van der Waals surface area contributed by atoms with Gasteiger partial charge in [0.25, 0.3) is 0 Å². The zero-order valence-corrected chi connectivity index (χ0v) is 14.8. The van der Waals surface area contributed by atoms with Crippen LogP contribution in [0.25, 0.3) is 10.8 Å². The molecule has 0 heterocycles. The maximum absolute atomic E-state index is 2.38. The molecular formula is C23H32. The molecule has 0 amide bonds. The minimum atomic E-state index is 1.22. The lowest BCUT2D eigenvalue weighted by Crippen LogP contribution is -1.88. The van der Waals surface area contributed by atoms with Crippen LogP contribution < -0.4 is 0 Å². The Morgan fingerprint density at radius 3 is 2.26 bits per heavy atom. The standard InChI is InChI=1S/C23H32/c1-2-3-4-5-6-7-8-9-10-11-12-16-21-18-15-19-22-17-13-14-20-23(21)22/h5-6,13-15,17-20H,2-4,7-12,16H2,1H3/b6-5+. The molecule has 0 fully saturated rings. The van der Waals surface area contributed by atoms with Gasteiger partial charge in [-0.15, -0.1) is 0 Å². The summed E-state index contributed by atoms with van der Waals surface area (Å²) >= 11 is 0. The molecule has 0 atom stereocenters. The van der Waals surface area contributed by atoms with Gasteiger partial charge in [-0.1, -0.05) is 93.6 Å². The fraction of sp³-hybridized carbons (Fsp3) is 0.478. The first-order valence-corrected chi connectivity index (χ1v) is 9.53. The van der Waals surface area contributed by atoms with Crippen molar-refractivity contribution in [2.45, 2.75) is 71.1 Å². The molecule has 0 aliphatic rings. The number of aryl methyl sites for hydroxylation is 1. The zero-order chi connectivity index (χ0) is 16.2. The van der Waals surface area contributed by atoms with Crippen LogP contribution in [0.15, 0.2) is 54.6 Å². The van der Waals surface area contributed by atoms with Crippen molar-refractivity contribution in [3.63, 3.8) is 0 Å². The number of hydrogen-bond donors (Lipinski definition) is 0. The summed E-state index contributed by atoms with van der Waals surface area (Å²) < 4.78 is 0. The first-order chi connectivity index (χ1) is 11.4. The molecule has 2 aromatic rings. The second-order valence-corrected chi connectivity index (χ2v) is 6.56. The molecule has 0 heteroatoms. The van der Waals surface area contributed by atoms with E-state index in [9.17, 15) is 0 Å². The number of fused-ring (bicyclic) bond motifs is 1. The van der Waals surface area contributed by atoms with Crippen molar-refractivity contribution >= 4 is 10.8 Å². The van der Waals surface area contributed by atoms with Crippen LogP contribution in [-0.2, 0) is 6.42 Å². The monoisotopic (exact) mass is 308 g/mol. The SMILES string of the molecule is CCCC/C=C/CCCCCCCc1cccc2ccccc12. The van der Waals surface area contributed by atoms with Gasteiger partial charge in [0.1, 0.15) is 0 Å². The fourth-order valence-electron chi connectivity index (χ4n) is 3.18. The van der Waals surface area contributed by atoms with Gasteiger partial charge >= 0.3 is 0 Å². The molecule has 124 valence electrons. The Morgan fingerprint density at radius 2 is 1.39 bits per heavy atom. The van der Waals surface area contributed by atoms with Gasteiger partial charge in [-0.05, 0) is 48.4 Å². The number of unbranched alkanes of at least 4 members (excludes halogenated alkanes) is 7. The molecule has 0 nitrogen and oxygen atoms in total. The second kappa shape index (κ2) is 11.0. The summed E-state index contributed by atoms with van der Waals surface area (Å²) in [5, 5.41) is 2.81. The van der Waals surface area contributed by atoms with E-state index in [4.69, 9.17) is 0 Å². The van der Waals surface area contributed by atoms with E-state index in [-0.39, 0.29) is 0 Å². The van der Waals surface area contributed by atoms with Crippen molar-refractivity contribution in [2.75, 3.05) is 0 Å². The van der Waals surface area contributed by atoms with Crippen LogP contribution in [-0.4, -0.2) is 0 Å². The Hall–Kier alpha value is -1.56. The highest BCUT2D eigenvalue weighted by atomic mass is 14.0. The van der Waals surface area contributed by atoms with Crippen molar-refractivity contribution in [2.24, 2.45) is 0 Å². The summed E-state index contributed by atoms with van der Waals surface area (Å²) in [7, 11) is 0. The van der Waals surface area contributed by atoms with E-state index in [1.54, 1.807) is 0 Å². The van der Waals surface area contributed by atoms with Crippen molar-refractivity contribution in [1.82, 2.24) is 0 Å². The van der Waals surface area contributed by atoms with Crippen molar-refractivity contribution in [1.29, 1.82) is 0 Å². The number of allylic oxidation sites excluding steroid dienone is 2. The molecule has 0 bridgehead atoms. The normalized spacial score (nSPS) is 11.5. The fourth-order valence-corrected chi connectivity index (χ4v) is 3.18. The quantitative estimate of drug-likeness (QED) is 0.298. The second-order valence-electron chi connectivity index (χ2n) is 6.56. The van der Waals surface area contributed by atoms with Crippen LogP contribution in [0.5, 0.6) is 0 Å². The van der Waals surface area contributed by atoms with E-state index in [2.05, 4.69) is 61.5 Å². The third kappa shape index (κ3) is 6.60. The lowest BCUT2D eigenvalue weighted by molar-refractivity contribution is 0.618. The van der Waals surface area contributed by atoms with E-state index in [0.717, 1.165) is 0 Å². The molecule has 0 saturated heterocycles. The van der Waals surface area contributed by atoms with Crippen LogP contribution in [0.1, 0.15) is 70.3 Å². The summed E-state index contributed by atoms with van der Waals surface area (Å²) in [5.74, 6) is 0. The third-order valence-electron chi connectivity index (χ3n) is 4.59. The first-order valence-electron chi connectivity index (χ1n) is 9.53. The van der Waals surface area contributed by atoms with Crippen molar-refractivity contribution < 1.29 is 0 Å². The highest BCUT2D eigenvalue weighted by Crippen LogP contribution is 2.20. The van der Waals surface area contributed by atoms with E-state index in [1.807, 2.05) is 0 Å². The molecule has 0 N–H and O–H groups in total. The van der Waals surface area contributed by atoms with Crippen LogP contribution in [0, 0.1) is 0 Å². The van der Waals surface area contributed by atoms with Crippen LogP contribution in [0.2, 0.25) is 0 Å². The van der Waals surface area contributed by atoms with E-state index >= 15 is 0 Å². The summed E-state index contributed by atoms with van der Waals surface area (Å²) in [6, 6.07) is 15.5. The highest BCUT2D eigenvalue weighted by molar-refractivity contribution is 5.85. The van der Waals surface area contributed by atoms with Gasteiger partial charge in [0.15, 0.2) is 0 Å². The lowest BCUT2D eigenvalue weighted by Gasteiger charge is -2.06. The van der Waals surface area contributed by atoms with Crippen LogP contribution in [0.3, 0.4) is 0 Å². The van der Waals surface area contributed by atoms with Crippen LogP contribution in [0.4, 0.5) is 0 Å². The molecule has 0 radical (unpaired) electrons. The third-order valence-corrected chi connectivity index (χ3v) is 4.59. The summed E-state index contributed by atoms with van der Waals surface area (Å²) in [5.41, 5.74) is 1.52. The Bertz CT molecular complexity index is 574. The molecule has 2 aromatic carbocycles. The number of rotatable bonds is 11. The van der Waals surface area contributed by atoms with Gasteiger partial charge in [0.2, 0.25) is 0 Å². The molecule has 0 aliphatic heterocycles. The van der Waals surface area contributed by atoms with Crippen molar-refractivity contribution in [3.05, 3.63) is 60.2 Å². The Morgan fingerprint density at radius 1 is 0.696 bits per heavy atom. The van der Waals surface area contributed by atoms with Gasteiger partial charge in [-0.2, -0.15) is 0 Å². The predicted octanol–water partition coefficient (Wildman–Crippen LogP) is 7.47. The molecule has 0 aromatic heterocycles. The lowest BCUT2D eigenvalue weighted by atomic mass is 9.99. The van der Waals surface area contributed by atoms with Gasteiger partial charge < -0.3 is 0 Å². The largest absolute Gasteiger partial charge is 0.0885 e. The molecule has 0 aliphatic carbocycles. The topological polar surface area (TPSA) is 0 Å². The van der Waals surface area contributed by atoms with Crippen LogP contribution >= 0.6 is 0 Å². The maximum Gasteiger partial charge on any atom is -0.0152 e. The van der Waals surface area contributed by atoms with Gasteiger partial charge in [-0.25, -0.2) is 0 Å². The molecule has 23 heavy (non-hydrogen) atoms. The molecule has 0 saturated carbocycles. The molecule has 2 rings (SSSR count). The van der Waals surface area contributed by atoms with Crippen molar-refractivity contribution in [3.8, 4) is 0 Å². The van der Waals surface area contributed by atoms with Gasteiger partial charge in [0.05, 0.1) is 0 Å². The Balaban J connectivity index is 1.58. The molecular weight excluding hydrogens is 276 g/mol.